The number of hydrogen-bond acceptors (Lipinski definition) is 4. The van der Waals surface area contributed by atoms with Crippen LogP contribution in [0, 0.1) is 18.3 Å². The van der Waals surface area contributed by atoms with E-state index >= 15 is 0 Å². The second-order valence-electron chi connectivity index (χ2n) is 8.02. The number of amides is 1. The van der Waals surface area contributed by atoms with Gasteiger partial charge in [0, 0.05) is 17.7 Å². The summed E-state index contributed by atoms with van der Waals surface area (Å²) in [4.78, 5) is 19.3. The fraction of sp³-hybridized carbons (Fsp3) is 0.148. The second kappa shape index (κ2) is 8.16. The van der Waals surface area contributed by atoms with Gasteiger partial charge in [-0.25, -0.2) is 4.98 Å². The van der Waals surface area contributed by atoms with Crippen LogP contribution in [0.1, 0.15) is 38.2 Å². The molecule has 0 bridgehead atoms. The van der Waals surface area contributed by atoms with Gasteiger partial charge in [-0.3, -0.25) is 4.79 Å². The third-order valence-electron chi connectivity index (χ3n) is 6.03. The number of anilines is 1. The summed E-state index contributed by atoms with van der Waals surface area (Å²) in [5.41, 5.74) is 8.28. The van der Waals surface area contributed by atoms with Gasteiger partial charge in [0.2, 0.25) is 0 Å². The maximum absolute atomic E-state index is 13.4. The van der Waals surface area contributed by atoms with Crippen molar-refractivity contribution < 1.29 is 9.21 Å². The lowest BCUT2D eigenvalue weighted by Crippen LogP contribution is -2.38. The van der Waals surface area contributed by atoms with Crippen LogP contribution in [0.2, 0.25) is 0 Å². The molecule has 3 aromatic carbocycles. The predicted molar refractivity (Wildman–Crippen MR) is 122 cm³/mol. The number of aryl methyl sites for hydroxylation is 1. The maximum Gasteiger partial charge on any atom is 0.258 e. The molecule has 156 valence electrons. The summed E-state index contributed by atoms with van der Waals surface area (Å²) < 4.78 is 5.06. The van der Waals surface area contributed by atoms with E-state index in [1.807, 2.05) is 36.4 Å². The summed E-state index contributed by atoms with van der Waals surface area (Å²) in [6, 6.07) is 21.9. The Hall–Kier alpha value is -4.17. The Kier molecular flexibility index (Phi) is 5.04. The maximum atomic E-state index is 13.4. The SMILES string of the molecule is Cc1cc2c(cc1Cc1ccc(-c3cocn3)cc1)C(=O)N(c1ccccc1C#N)CC2. The van der Waals surface area contributed by atoms with E-state index in [1.54, 1.807) is 17.2 Å². The number of hydrogen-bond donors (Lipinski definition) is 0. The molecular formula is C27H21N3O2. The van der Waals surface area contributed by atoms with Crippen molar-refractivity contribution in [3.8, 4) is 17.3 Å². The molecule has 2 heterocycles. The van der Waals surface area contributed by atoms with Crippen molar-refractivity contribution in [2.24, 2.45) is 0 Å². The molecule has 4 aromatic rings. The number of rotatable bonds is 4. The van der Waals surface area contributed by atoms with Gasteiger partial charge in [-0.2, -0.15) is 5.26 Å². The standard InChI is InChI=1S/C27H21N3O2/c1-18-12-21-10-11-30(26-5-3-2-4-22(26)15-28)27(31)24(21)14-23(18)13-19-6-8-20(9-7-19)25-16-32-17-29-25/h2-9,12,14,16-17H,10-11,13H2,1H3. The summed E-state index contributed by atoms with van der Waals surface area (Å²) in [6.45, 7) is 2.67. The highest BCUT2D eigenvalue weighted by Gasteiger charge is 2.27. The first kappa shape index (κ1) is 19.8. The highest BCUT2D eigenvalue weighted by atomic mass is 16.3. The molecule has 0 saturated heterocycles. The zero-order chi connectivity index (χ0) is 22.1. The van der Waals surface area contributed by atoms with Crippen molar-refractivity contribution in [2.45, 2.75) is 19.8 Å². The summed E-state index contributed by atoms with van der Waals surface area (Å²) >= 11 is 0. The molecule has 0 spiro atoms. The average molecular weight is 419 g/mol. The number of benzene rings is 3. The van der Waals surface area contributed by atoms with Gasteiger partial charge in [0.05, 0.1) is 11.3 Å². The Morgan fingerprint density at radius 1 is 1.12 bits per heavy atom. The largest absolute Gasteiger partial charge is 0.451 e. The zero-order valence-corrected chi connectivity index (χ0v) is 17.7. The van der Waals surface area contributed by atoms with Gasteiger partial charge in [-0.15, -0.1) is 0 Å². The Morgan fingerprint density at radius 2 is 1.94 bits per heavy atom. The van der Waals surface area contributed by atoms with Crippen molar-refractivity contribution in [1.82, 2.24) is 4.98 Å². The molecule has 5 heteroatoms. The van der Waals surface area contributed by atoms with E-state index in [1.165, 1.54) is 12.0 Å². The molecule has 0 N–H and O–H groups in total. The van der Waals surface area contributed by atoms with Crippen LogP contribution in [-0.2, 0) is 12.8 Å². The van der Waals surface area contributed by atoms with Crippen molar-refractivity contribution in [3.63, 3.8) is 0 Å². The van der Waals surface area contributed by atoms with E-state index in [0.29, 0.717) is 17.8 Å². The Labute approximate surface area is 186 Å². The Bertz CT molecular complexity index is 1330. The summed E-state index contributed by atoms with van der Waals surface area (Å²) in [5, 5.41) is 9.46. The average Bonchev–Trinajstić information content (AvgIpc) is 3.36. The van der Waals surface area contributed by atoms with Gasteiger partial charge in [-0.1, -0.05) is 42.5 Å². The van der Waals surface area contributed by atoms with E-state index in [2.05, 4.69) is 36.2 Å². The number of nitriles is 1. The van der Waals surface area contributed by atoms with Crippen molar-refractivity contribution >= 4 is 11.6 Å². The number of oxazole rings is 1. The topological polar surface area (TPSA) is 70.1 Å². The van der Waals surface area contributed by atoms with E-state index < -0.39 is 0 Å². The lowest BCUT2D eigenvalue weighted by atomic mass is 9.90. The molecule has 1 amide bonds. The van der Waals surface area contributed by atoms with Crippen molar-refractivity contribution in [3.05, 3.63) is 107 Å². The lowest BCUT2D eigenvalue weighted by Gasteiger charge is -2.30. The van der Waals surface area contributed by atoms with E-state index in [4.69, 9.17) is 4.42 Å². The molecule has 1 aromatic heterocycles. The molecule has 0 unspecified atom stereocenters. The van der Waals surface area contributed by atoms with E-state index in [9.17, 15) is 10.1 Å². The number of carbonyl (C=O) groups is 1. The number of carbonyl (C=O) groups excluding carboxylic acids is 1. The number of nitrogens with zero attached hydrogens (tertiary/aromatic N) is 3. The summed E-state index contributed by atoms with van der Waals surface area (Å²) in [5.74, 6) is -0.0448. The van der Waals surface area contributed by atoms with Crippen LogP contribution in [0.4, 0.5) is 5.69 Å². The fourth-order valence-electron chi connectivity index (χ4n) is 4.29. The third-order valence-corrected chi connectivity index (χ3v) is 6.03. The minimum atomic E-state index is -0.0448. The normalized spacial score (nSPS) is 13.0. The van der Waals surface area contributed by atoms with Gasteiger partial charge in [0.1, 0.15) is 18.0 Å². The van der Waals surface area contributed by atoms with Crippen LogP contribution in [0.3, 0.4) is 0 Å². The molecule has 0 fully saturated rings. The van der Waals surface area contributed by atoms with Crippen molar-refractivity contribution in [1.29, 1.82) is 5.26 Å². The first-order chi connectivity index (χ1) is 15.6. The van der Waals surface area contributed by atoms with Crippen LogP contribution >= 0.6 is 0 Å². The van der Waals surface area contributed by atoms with Gasteiger partial charge in [0.15, 0.2) is 6.39 Å². The molecule has 0 atom stereocenters. The first-order valence-electron chi connectivity index (χ1n) is 10.5. The molecule has 32 heavy (non-hydrogen) atoms. The van der Waals surface area contributed by atoms with E-state index in [-0.39, 0.29) is 5.91 Å². The fourth-order valence-corrected chi connectivity index (χ4v) is 4.29. The smallest absolute Gasteiger partial charge is 0.258 e. The van der Waals surface area contributed by atoms with Gasteiger partial charge in [-0.05, 0) is 60.2 Å². The predicted octanol–water partition coefficient (Wildman–Crippen LogP) is 5.32. The summed E-state index contributed by atoms with van der Waals surface area (Å²) in [7, 11) is 0. The number of fused-ring (bicyclic) bond motifs is 1. The molecule has 5 nitrogen and oxygen atoms in total. The van der Waals surface area contributed by atoms with Crippen LogP contribution in [0.15, 0.2) is 77.7 Å². The minimum Gasteiger partial charge on any atom is -0.451 e. The Balaban J connectivity index is 1.44. The Morgan fingerprint density at radius 3 is 2.69 bits per heavy atom. The molecule has 0 radical (unpaired) electrons. The minimum absolute atomic E-state index is 0.0448. The lowest BCUT2D eigenvalue weighted by molar-refractivity contribution is 0.0980. The third kappa shape index (κ3) is 3.57. The number of para-hydroxylation sites is 1. The molecule has 0 aliphatic carbocycles. The first-order valence-corrected chi connectivity index (χ1v) is 10.5. The van der Waals surface area contributed by atoms with Gasteiger partial charge >= 0.3 is 0 Å². The molecule has 1 aliphatic heterocycles. The van der Waals surface area contributed by atoms with Gasteiger partial charge < -0.3 is 9.32 Å². The molecular weight excluding hydrogens is 398 g/mol. The zero-order valence-electron chi connectivity index (χ0n) is 17.7. The molecule has 5 rings (SSSR count). The highest BCUT2D eigenvalue weighted by molar-refractivity contribution is 6.09. The molecule has 1 aliphatic rings. The highest BCUT2D eigenvalue weighted by Crippen LogP contribution is 2.30. The quantitative estimate of drug-likeness (QED) is 0.449. The van der Waals surface area contributed by atoms with Crippen LogP contribution in [0.25, 0.3) is 11.3 Å². The summed E-state index contributed by atoms with van der Waals surface area (Å²) in [6.07, 6.45) is 4.56. The number of aromatic nitrogens is 1. The van der Waals surface area contributed by atoms with Crippen LogP contribution < -0.4 is 4.90 Å². The van der Waals surface area contributed by atoms with E-state index in [0.717, 1.165) is 46.4 Å². The van der Waals surface area contributed by atoms with Crippen molar-refractivity contribution in [2.75, 3.05) is 11.4 Å². The second-order valence-corrected chi connectivity index (χ2v) is 8.02. The monoisotopic (exact) mass is 419 g/mol. The van der Waals surface area contributed by atoms with Crippen LogP contribution in [0.5, 0.6) is 0 Å². The van der Waals surface area contributed by atoms with Gasteiger partial charge in [0.25, 0.3) is 5.91 Å². The van der Waals surface area contributed by atoms with Crippen LogP contribution in [-0.4, -0.2) is 17.4 Å². The molecule has 0 saturated carbocycles.